The number of hydrogen-bond donors (Lipinski definition) is 2. The number of aryl methyl sites for hydroxylation is 2. The molecule has 0 fully saturated rings. The number of H-pyrrole nitrogens is 1. The molecule has 2 aromatic heterocycles. The Balaban J connectivity index is 1.70. The number of aromatic nitrogens is 3. The Morgan fingerprint density at radius 2 is 2.22 bits per heavy atom. The monoisotopic (exact) mass is 330 g/mol. The zero-order valence-corrected chi connectivity index (χ0v) is 14.1. The summed E-state index contributed by atoms with van der Waals surface area (Å²) in [7, 11) is 0. The van der Waals surface area contributed by atoms with E-state index in [2.05, 4.69) is 35.3 Å². The number of amides is 1. The number of halogens is 1. The van der Waals surface area contributed by atoms with E-state index >= 15 is 0 Å². The molecule has 1 aromatic carbocycles. The zero-order chi connectivity index (χ0) is 16.6. The van der Waals surface area contributed by atoms with Crippen molar-refractivity contribution in [2.24, 2.45) is 0 Å². The van der Waals surface area contributed by atoms with Crippen LogP contribution in [0, 0.1) is 13.8 Å². The first-order valence-corrected chi connectivity index (χ1v) is 7.88. The van der Waals surface area contributed by atoms with Crippen molar-refractivity contribution in [1.82, 2.24) is 20.1 Å². The Bertz CT molecular complexity index is 865. The minimum Gasteiger partial charge on any atom is -0.358 e. The summed E-state index contributed by atoms with van der Waals surface area (Å²) in [5, 5.41) is 8.73. The maximum Gasteiger partial charge on any atom is 0.244 e. The van der Waals surface area contributed by atoms with Crippen LogP contribution in [-0.2, 0) is 11.3 Å². The average molecular weight is 331 g/mol. The lowest BCUT2D eigenvalue weighted by Crippen LogP contribution is -2.30. The van der Waals surface area contributed by atoms with Gasteiger partial charge in [-0.3, -0.25) is 9.48 Å². The Labute approximate surface area is 139 Å². The average Bonchev–Trinajstić information content (AvgIpc) is 3.09. The minimum absolute atomic E-state index is 0.0909. The molecule has 3 rings (SSSR count). The molecule has 0 saturated heterocycles. The first-order valence-electron chi connectivity index (χ1n) is 7.51. The number of fused-ring (bicyclic) bond motifs is 1. The van der Waals surface area contributed by atoms with Crippen LogP contribution < -0.4 is 5.32 Å². The third-order valence-electron chi connectivity index (χ3n) is 4.19. The van der Waals surface area contributed by atoms with Gasteiger partial charge in [0, 0.05) is 29.3 Å². The molecule has 120 valence electrons. The number of nitrogens with zero attached hydrogens (tertiary/aromatic N) is 2. The number of carbonyl (C=O) groups is 1. The number of aromatic amines is 1. The van der Waals surface area contributed by atoms with Crippen LogP contribution in [0.2, 0.25) is 5.02 Å². The van der Waals surface area contributed by atoms with Crippen LogP contribution in [0.15, 0.2) is 30.6 Å². The molecule has 5 nitrogen and oxygen atoms in total. The third-order valence-corrected chi connectivity index (χ3v) is 4.38. The van der Waals surface area contributed by atoms with E-state index in [9.17, 15) is 4.79 Å². The normalized spacial score (nSPS) is 12.5. The van der Waals surface area contributed by atoms with E-state index in [1.165, 1.54) is 22.8 Å². The van der Waals surface area contributed by atoms with Crippen LogP contribution in [0.25, 0.3) is 10.9 Å². The van der Waals surface area contributed by atoms with Crippen LogP contribution in [-0.4, -0.2) is 20.7 Å². The van der Waals surface area contributed by atoms with Gasteiger partial charge < -0.3 is 10.3 Å². The summed E-state index contributed by atoms with van der Waals surface area (Å²) in [5.41, 5.74) is 4.60. The van der Waals surface area contributed by atoms with E-state index in [-0.39, 0.29) is 5.91 Å². The third kappa shape index (κ3) is 3.10. The predicted octanol–water partition coefficient (Wildman–Crippen LogP) is 3.51. The summed E-state index contributed by atoms with van der Waals surface area (Å²) in [6.07, 6.45) is 3.17. The van der Waals surface area contributed by atoms with E-state index in [0.717, 1.165) is 11.1 Å². The van der Waals surface area contributed by atoms with Crippen molar-refractivity contribution < 1.29 is 4.79 Å². The fraction of sp³-hybridized carbons (Fsp3) is 0.294. The van der Waals surface area contributed by atoms with Crippen molar-refractivity contribution in [3.05, 3.63) is 52.4 Å². The molecule has 0 bridgehead atoms. The minimum atomic E-state index is -0.400. The van der Waals surface area contributed by atoms with E-state index in [1.54, 1.807) is 17.8 Å². The molecule has 6 heteroatoms. The fourth-order valence-corrected chi connectivity index (χ4v) is 2.75. The summed E-state index contributed by atoms with van der Waals surface area (Å²) in [6, 6.07) is 5.78. The van der Waals surface area contributed by atoms with E-state index < -0.39 is 6.04 Å². The van der Waals surface area contributed by atoms with Gasteiger partial charge in [-0.25, -0.2) is 0 Å². The van der Waals surface area contributed by atoms with E-state index in [0.29, 0.717) is 11.6 Å². The van der Waals surface area contributed by atoms with Gasteiger partial charge in [-0.1, -0.05) is 17.7 Å². The zero-order valence-electron chi connectivity index (χ0n) is 13.4. The fourth-order valence-electron chi connectivity index (χ4n) is 2.60. The van der Waals surface area contributed by atoms with Crippen molar-refractivity contribution >= 4 is 28.4 Å². The van der Waals surface area contributed by atoms with Gasteiger partial charge in [-0.15, -0.1) is 0 Å². The summed E-state index contributed by atoms with van der Waals surface area (Å²) >= 11 is 5.84. The quantitative estimate of drug-likeness (QED) is 0.769. The molecule has 0 unspecified atom stereocenters. The second-order valence-corrected chi connectivity index (χ2v) is 6.22. The molecule has 0 aliphatic rings. The maximum atomic E-state index is 12.2. The van der Waals surface area contributed by atoms with Crippen LogP contribution in [0.1, 0.15) is 29.8 Å². The van der Waals surface area contributed by atoms with Gasteiger partial charge in [-0.2, -0.15) is 5.10 Å². The lowest BCUT2D eigenvalue weighted by Gasteiger charge is -2.12. The lowest BCUT2D eigenvalue weighted by molar-refractivity contribution is -0.124. The first-order chi connectivity index (χ1) is 11.0. The predicted molar refractivity (Wildman–Crippen MR) is 91.6 cm³/mol. The highest BCUT2D eigenvalue weighted by Gasteiger charge is 2.15. The van der Waals surface area contributed by atoms with Gasteiger partial charge in [0.1, 0.15) is 6.04 Å². The van der Waals surface area contributed by atoms with Crippen molar-refractivity contribution in [2.75, 3.05) is 0 Å². The van der Waals surface area contributed by atoms with Crippen LogP contribution >= 0.6 is 11.6 Å². The molecule has 0 spiro atoms. The molecule has 2 heterocycles. The second-order valence-electron chi connectivity index (χ2n) is 5.79. The number of carbonyl (C=O) groups excluding carboxylic acids is 1. The van der Waals surface area contributed by atoms with Gasteiger partial charge >= 0.3 is 0 Å². The van der Waals surface area contributed by atoms with E-state index in [1.807, 2.05) is 12.1 Å². The van der Waals surface area contributed by atoms with Crippen molar-refractivity contribution in [3.63, 3.8) is 0 Å². The van der Waals surface area contributed by atoms with Crippen LogP contribution in [0.3, 0.4) is 0 Å². The smallest absolute Gasteiger partial charge is 0.244 e. The Kier molecular flexibility index (Phi) is 4.13. The van der Waals surface area contributed by atoms with Gasteiger partial charge in [0.05, 0.1) is 11.2 Å². The number of hydrogen-bond acceptors (Lipinski definition) is 2. The highest BCUT2D eigenvalue weighted by molar-refractivity contribution is 6.30. The molecule has 0 radical (unpaired) electrons. The molecule has 23 heavy (non-hydrogen) atoms. The molecule has 3 aromatic rings. The largest absolute Gasteiger partial charge is 0.358 e. The molecular weight excluding hydrogens is 312 g/mol. The van der Waals surface area contributed by atoms with E-state index in [4.69, 9.17) is 11.6 Å². The highest BCUT2D eigenvalue weighted by atomic mass is 35.5. The molecule has 0 aliphatic heterocycles. The second kappa shape index (κ2) is 6.08. The van der Waals surface area contributed by atoms with Crippen LogP contribution in [0.4, 0.5) is 0 Å². The van der Waals surface area contributed by atoms with Gasteiger partial charge in [0.15, 0.2) is 0 Å². The molecular formula is C17H19ClN4O. The lowest BCUT2D eigenvalue weighted by atomic mass is 10.1. The SMILES string of the molecule is Cc1[nH]c2ccc(CNC(=O)[C@@H](C)n3cc(Cl)cn3)cc2c1C. The van der Waals surface area contributed by atoms with Gasteiger partial charge in [0.2, 0.25) is 5.91 Å². The van der Waals surface area contributed by atoms with Gasteiger partial charge in [-0.05, 0) is 44.0 Å². The molecule has 1 amide bonds. The number of benzene rings is 1. The summed E-state index contributed by atoms with van der Waals surface area (Å²) in [4.78, 5) is 15.6. The maximum absolute atomic E-state index is 12.2. The van der Waals surface area contributed by atoms with Crippen molar-refractivity contribution in [2.45, 2.75) is 33.4 Å². The van der Waals surface area contributed by atoms with Crippen LogP contribution in [0.5, 0.6) is 0 Å². The highest BCUT2D eigenvalue weighted by Crippen LogP contribution is 2.22. The molecule has 2 N–H and O–H groups in total. The Morgan fingerprint density at radius 1 is 1.43 bits per heavy atom. The van der Waals surface area contributed by atoms with Gasteiger partial charge in [0.25, 0.3) is 0 Å². The number of nitrogens with one attached hydrogen (secondary N) is 2. The van der Waals surface area contributed by atoms with Crippen molar-refractivity contribution in [3.8, 4) is 0 Å². The first kappa shape index (κ1) is 15.6. The Hall–Kier alpha value is -2.27. The van der Waals surface area contributed by atoms with Crippen molar-refractivity contribution in [1.29, 1.82) is 0 Å². The number of rotatable bonds is 4. The molecule has 0 saturated carbocycles. The molecule has 0 aliphatic carbocycles. The Morgan fingerprint density at radius 3 is 2.91 bits per heavy atom. The summed E-state index contributed by atoms with van der Waals surface area (Å²) in [5.74, 6) is -0.0909. The topological polar surface area (TPSA) is 62.7 Å². The summed E-state index contributed by atoms with van der Waals surface area (Å²) < 4.78 is 1.56. The summed E-state index contributed by atoms with van der Waals surface area (Å²) in [6.45, 7) is 6.44. The molecule has 1 atom stereocenters. The standard InChI is InChI=1S/C17H19ClN4O/c1-10-11(2)21-16-5-4-13(6-15(10)16)7-19-17(23)12(3)22-9-14(18)8-20-22/h4-6,8-9,12,21H,7H2,1-3H3,(H,19,23)/t12-/m1/s1.